The van der Waals surface area contributed by atoms with E-state index in [1.54, 1.807) is 0 Å². The summed E-state index contributed by atoms with van der Waals surface area (Å²) >= 11 is 1.82. The van der Waals surface area contributed by atoms with E-state index >= 15 is 0 Å². The van der Waals surface area contributed by atoms with Crippen LogP contribution in [0.1, 0.15) is 44.5 Å². The Morgan fingerprint density at radius 1 is 1.44 bits per heavy atom. The molecule has 88 valence electrons. The van der Waals surface area contributed by atoms with Gasteiger partial charge in [-0.2, -0.15) is 0 Å². The Bertz CT molecular complexity index is 348. The second-order valence-corrected chi connectivity index (χ2v) is 6.64. The Hall–Kier alpha value is -0.410. The van der Waals surface area contributed by atoms with E-state index in [2.05, 4.69) is 29.5 Å². The molecule has 3 heteroatoms. The van der Waals surface area contributed by atoms with Crippen LogP contribution >= 0.6 is 11.3 Å². The van der Waals surface area contributed by atoms with Crippen molar-refractivity contribution in [1.82, 2.24) is 10.3 Å². The first-order valence-electron chi connectivity index (χ1n) is 6.37. The summed E-state index contributed by atoms with van der Waals surface area (Å²) in [6.45, 7) is 4.68. The highest BCUT2D eigenvalue weighted by Crippen LogP contribution is 2.50. The Kier molecular flexibility index (Phi) is 2.55. The molecule has 1 aromatic rings. The molecule has 2 nitrogen and oxygen atoms in total. The predicted molar refractivity (Wildman–Crippen MR) is 67.5 cm³/mol. The lowest BCUT2D eigenvalue weighted by molar-refractivity contribution is 0.0656. The average molecular weight is 236 g/mol. The van der Waals surface area contributed by atoms with Gasteiger partial charge >= 0.3 is 0 Å². The zero-order valence-corrected chi connectivity index (χ0v) is 10.9. The van der Waals surface area contributed by atoms with Gasteiger partial charge in [-0.05, 0) is 37.5 Å². The fourth-order valence-electron chi connectivity index (χ4n) is 2.74. The first-order valence-corrected chi connectivity index (χ1v) is 7.25. The van der Waals surface area contributed by atoms with Crippen LogP contribution in [0.2, 0.25) is 0 Å². The molecule has 0 spiro atoms. The van der Waals surface area contributed by atoms with E-state index in [1.807, 2.05) is 17.5 Å². The summed E-state index contributed by atoms with van der Waals surface area (Å²) in [5, 5.41) is 7.26. The molecule has 1 aromatic heterocycles. The number of aromatic nitrogens is 1. The van der Waals surface area contributed by atoms with Crippen LogP contribution in [0.25, 0.3) is 0 Å². The first-order chi connectivity index (χ1) is 7.70. The number of nitrogens with zero attached hydrogens (tertiary/aromatic N) is 1. The molecular weight excluding hydrogens is 216 g/mol. The van der Waals surface area contributed by atoms with E-state index in [9.17, 15) is 0 Å². The van der Waals surface area contributed by atoms with Gasteiger partial charge in [-0.3, -0.25) is 0 Å². The van der Waals surface area contributed by atoms with Gasteiger partial charge in [0, 0.05) is 17.6 Å². The third-order valence-electron chi connectivity index (χ3n) is 4.06. The lowest BCUT2D eigenvalue weighted by Gasteiger charge is -2.49. The van der Waals surface area contributed by atoms with E-state index in [-0.39, 0.29) is 5.54 Å². The van der Waals surface area contributed by atoms with E-state index < -0.39 is 0 Å². The zero-order chi connectivity index (χ0) is 11.2. The van der Waals surface area contributed by atoms with Gasteiger partial charge < -0.3 is 5.32 Å². The van der Waals surface area contributed by atoms with E-state index in [0.29, 0.717) is 0 Å². The van der Waals surface area contributed by atoms with Crippen LogP contribution in [0.4, 0.5) is 0 Å². The first kappa shape index (κ1) is 10.7. The van der Waals surface area contributed by atoms with Crippen molar-refractivity contribution in [3.05, 3.63) is 16.6 Å². The fourth-order valence-corrected chi connectivity index (χ4v) is 3.56. The van der Waals surface area contributed by atoms with Gasteiger partial charge in [0.05, 0.1) is 5.54 Å². The maximum Gasteiger partial charge on any atom is 0.113 e. The van der Waals surface area contributed by atoms with Crippen LogP contribution in [0.15, 0.2) is 11.6 Å². The molecule has 3 rings (SSSR count). The van der Waals surface area contributed by atoms with Crippen molar-refractivity contribution in [2.45, 2.75) is 51.1 Å². The topological polar surface area (TPSA) is 24.9 Å². The zero-order valence-electron chi connectivity index (χ0n) is 10.1. The molecule has 0 aromatic carbocycles. The lowest BCUT2D eigenvalue weighted by Crippen LogP contribution is -2.54. The maximum absolute atomic E-state index is 4.54. The highest BCUT2D eigenvalue weighted by atomic mass is 32.1. The summed E-state index contributed by atoms with van der Waals surface area (Å²) in [4.78, 5) is 4.54. The van der Waals surface area contributed by atoms with Crippen molar-refractivity contribution in [2.75, 3.05) is 0 Å². The monoisotopic (exact) mass is 236 g/mol. The molecule has 0 unspecified atom stereocenters. The van der Waals surface area contributed by atoms with E-state index in [4.69, 9.17) is 0 Å². The SMILES string of the molecule is CC(C)C1CC(NC2CC2)(c2nccs2)C1. The quantitative estimate of drug-likeness (QED) is 0.868. The minimum atomic E-state index is 0.240. The van der Waals surface area contributed by atoms with Crippen molar-refractivity contribution in [2.24, 2.45) is 11.8 Å². The van der Waals surface area contributed by atoms with Crippen molar-refractivity contribution in [3.8, 4) is 0 Å². The molecule has 0 bridgehead atoms. The second kappa shape index (κ2) is 3.81. The molecular formula is C13H20N2S. The molecule has 0 radical (unpaired) electrons. The standard InChI is InChI=1S/C13H20N2S/c1-9(2)10-7-13(8-10,15-11-3-4-11)12-14-5-6-16-12/h5-6,9-11,15H,3-4,7-8H2,1-2H3. The third-order valence-corrected chi connectivity index (χ3v) is 5.04. The van der Waals surface area contributed by atoms with Crippen LogP contribution in [0, 0.1) is 11.8 Å². The Labute approximate surface area is 101 Å². The largest absolute Gasteiger partial charge is 0.303 e. The van der Waals surface area contributed by atoms with Crippen molar-refractivity contribution in [1.29, 1.82) is 0 Å². The summed E-state index contributed by atoms with van der Waals surface area (Å²) in [7, 11) is 0. The molecule has 2 fully saturated rings. The van der Waals surface area contributed by atoms with Crippen molar-refractivity contribution < 1.29 is 0 Å². The molecule has 2 aliphatic carbocycles. The van der Waals surface area contributed by atoms with Gasteiger partial charge in [0.2, 0.25) is 0 Å². The van der Waals surface area contributed by atoms with E-state index in [0.717, 1.165) is 17.9 Å². The second-order valence-electron chi connectivity index (χ2n) is 5.75. The molecule has 0 aliphatic heterocycles. The summed E-state index contributed by atoms with van der Waals surface area (Å²) in [6.07, 6.45) is 7.24. The van der Waals surface area contributed by atoms with Crippen LogP contribution in [-0.2, 0) is 5.54 Å². The minimum Gasteiger partial charge on any atom is -0.303 e. The van der Waals surface area contributed by atoms with Crippen LogP contribution in [-0.4, -0.2) is 11.0 Å². The third kappa shape index (κ3) is 1.80. The molecule has 0 atom stereocenters. The molecule has 2 aliphatic rings. The average Bonchev–Trinajstić information content (AvgIpc) is 2.82. The highest BCUT2D eigenvalue weighted by Gasteiger charge is 2.50. The Morgan fingerprint density at radius 3 is 2.69 bits per heavy atom. The van der Waals surface area contributed by atoms with Gasteiger partial charge in [-0.1, -0.05) is 13.8 Å². The molecule has 2 saturated carbocycles. The minimum absolute atomic E-state index is 0.240. The fraction of sp³-hybridized carbons (Fsp3) is 0.769. The summed E-state index contributed by atoms with van der Waals surface area (Å²) in [5.74, 6) is 1.70. The van der Waals surface area contributed by atoms with Crippen molar-refractivity contribution >= 4 is 11.3 Å². The normalized spacial score (nSPS) is 34.1. The Morgan fingerprint density at radius 2 is 2.19 bits per heavy atom. The highest BCUT2D eigenvalue weighted by molar-refractivity contribution is 7.09. The van der Waals surface area contributed by atoms with Gasteiger partial charge in [0.1, 0.15) is 5.01 Å². The Balaban J connectivity index is 1.75. The number of thiazole rings is 1. The number of hydrogen-bond acceptors (Lipinski definition) is 3. The lowest BCUT2D eigenvalue weighted by atomic mass is 9.64. The van der Waals surface area contributed by atoms with Crippen LogP contribution in [0.3, 0.4) is 0 Å². The van der Waals surface area contributed by atoms with Gasteiger partial charge in [-0.25, -0.2) is 4.98 Å². The molecule has 16 heavy (non-hydrogen) atoms. The number of rotatable bonds is 4. The van der Waals surface area contributed by atoms with Crippen molar-refractivity contribution in [3.63, 3.8) is 0 Å². The van der Waals surface area contributed by atoms with Gasteiger partial charge in [0.25, 0.3) is 0 Å². The van der Waals surface area contributed by atoms with Crippen LogP contribution < -0.4 is 5.32 Å². The van der Waals surface area contributed by atoms with Crippen LogP contribution in [0.5, 0.6) is 0 Å². The van der Waals surface area contributed by atoms with E-state index in [1.165, 1.54) is 30.7 Å². The maximum atomic E-state index is 4.54. The smallest absolute Gasteiger partial charge is 0.113 e. The molecule has 1 N–H and O–H groups in total. The summed E-state index contributed by atoms with van der Waals surface area (Å²) < 4.78 is 0. The molecule has 1 heterocycles. The number of hydrogen-bond donors (Lipinski definition) is 1. The molecule has 0 saturated heterocycles. The summed E-state index contributed by atoms with van der Waals surface area (Å²) in [5.41, 5.74) is 0.240. The molecule has 0 amide bonds. The summed E-state index contributed by atoms with van der Waals surface area (Å²) in [6, 6.07) is 0.775. The van der Waals surface area contributed by atoms with Gasteiger partial charge in [0.15, 0.2) is 0 Å². The predicted octanol–water partition coefficient (Wildman–Crippen LogP) is 3.16. The number of nitrogens with one attached hydrogen (secondary N) is 1. The van der Waals surface area contributed by atoms with Gasteiger partial charge in [-0.15, -0.1) is 11.3 Å².